The van der Waals surface area contributed by atoms with Crippen molar-refractivity contribution in [2.24, 2.45) is 0 Å². The number of aliphatic hydroxyl groups excluding tert-OH is 1. The molecule has 0 spiro atoms. The van der Waals surface area contributed by atoms with Gasteiger partial charge >= 0.3 is 5.63 Å². The highest BCUT2D eigenvalue weighted by molar-refractivity contribution is 6.05. The second-order valence-electron chi connectivity index (χ2n) is 5.42. The molecule has 0 saturated carbocycles. The van der Waals surface area contributed by atoms with Gasteiger partial charge in [-0.25, -0.2) is 4.79 Å². The third-order valence-corrected chi connectivity index (χ3v) is 4.12. The Labute approximate surface area is 132 Å². The Bertz CT molecular complexity index is 1070. The van der Waals surface area contributed by atoms with E-state index in [1.54, 1.807) is 6.07 Å². The highest BCUT2D eigenvalue weighted by Crippen LogP contribution is 2.35. The van der Waals surface area contributed by atoms with Gasteiger partial charge in [0.25, 0.3) is 0 Å². The molecule has 0 aliphatic heterocycles. The van der Waals surface area contributed by atoms with Crippen molar-refractivity contribution in [1.82, 2.24) is 0 Å². The maximum Gasteiger partial charge on any atom is 0.342 e. The van der Waals surface area contributed by atoms with Crippen LogP contribution < -0.4 is 5.63 Å². The van der Waals surface area contributed by atoms with Gasteiger partial charge in [0.15, 0.2) is 0 Å². The Kier molecular flexibility index (Phi) is 3.21. The zero-order valence-electron chi connectivity index (χ0n) is 12.3. The van der Waals surface area contributed by atoms with Crippen LogP contribution in [0.1, 0.15) is 5.56 Å². The van der Waals surface area contributed by atoms with E-state index in [-0.39, 0.29) is 6.61 Å². The monoisotopic (exact) mass is 302 g/mol. The quantitative estimate of drug-likeness (QED) is 0.567. The number of hydrogen-bond donors (Lipinski definition) is 1. The van der Waals surface area contributed by atoms with Gasteiger partial charge in [-0.1, -0.05) is 60.7 Å². The smallest absolute Gasteiger partial charge is 0.342 e. The van der Waals surface area contributed by atoms with E-state index in [1.807, 2.05) is 60.7 Å². The van der Waals surface area contributed by atoms with Crippen molar-refractivity contribution in [3.8, 4) is 11.1 Å². The highest BCUT2D eigenvalue weighted by atomic mass is 16.4. The molecule has 112 valence electrons. The summed E-state index contributed by atoms with van der Waals surface area (Å²) in [5.41, 5.74) is 2.00. The molecule has 4 aromatic rings. The van der Waals surface area contributed by atoms with Crippen LogP contribution in [0.2, 0.25) is 0 Å². The van der Waals surface area contributed by atoms with Crippen LogP contribution in [-0.4, -0.2) is 5.11 Å². The molecular formula is C20H14O3. The van der Waals surface area contributed by atoms with Gasteiger partial charge in [-0.05, 0) is 22.4 Å². The number of para-hydroxylation sites is 1. The van der Waals surface area contributed by atoms with Gasteiger partial charge in [0.1, 0.15) is 5.58 Å². The van der Waals surface area contributed by atoms with Gasteiger partial charge < -0.3 is 9.52 Å². The van der Waals surface area contributed by atoms with Crippen LogP contribution >= 0.6 is 0 Å². The lowest BCUT2D eigenvalue weighted by atomic mass is 9.93. The largest absolute Gasteiger partial charge is 0.422 e. The Morgan fingerprint density at radius 1 is 0.826 bits per heavy atom. The number of benzene rings is 3. The minimum Gasteiger partial charge on any atom is -0.422 e. The molecule has 0 amide bonds. The number of hydrogen-bond acceptors (Lipinski definition) is 3. The van der Waals surface area contributed by atoms with Crippen LogP contribution in [-0.2, 0) is 6.61 Å². The fourth-order valence-corrected chi connectivity index (χ4v) is 3.08. The zero-order chi connectivity index (χ0) is 15.8. The minimum absolute atomic E-state index is 0.292. The van der Waals surface area contributed by atoms with Gasteiger partial charge in [0.05, 0.1) is 12.2 Å². The Balaban J connectivity index is 2.22. The second kappa shape index (κ2) is 5.38. The molecule has 1 aromatic heterocycles. The molecule has 0 radical (unpaired) electrons. The summed E-state index contributed by atoms with van der Waals surface area (Å²) in [5.74, 6) is 0. The molecule has 3 nitrogen and oxygen atoms in total. The molecule has 1 heterocycles. The summed E-state index contributed by atoms with van der Waals surface area (Å²) in [6.45, 7) is -0.355. The molecule has 0 aliphatic carbocycles. The molecule has 0 atom stereocenters. The number of rotatable bonds is 2. The zero-order valence-corrected chi connectivity index (χ0v) is 12.3. The molecule has 0 bridgehead atoms. The SMILES string of the molecule is O=c1oc2ccccc2c(-c2cccc3ccccc23)c1CO. The summed E-state index contributed by atoms with van der Waals surface area (Å²) in [5, 5.41) is 12.7. The summed E-state index contributed by atoms with van der Waals surface area (Å²) in [7, 11) is 0. The van der Waals surface area contributed by atoms with Crippen molar-refractivity contribution < 1.29 is 9.52 Å². The van der Waals surface area contributed by atoms with Crippen LogP contribution in [0.4, 0.5) is 0 Å². The van der Waals surface area contributed by atoms with Crippen LogP contribution in [0.5, 0.6) is 0 Å². The van der Waals surface area contributed by atoms with Crippen molar-refractivity contribution >= 4 is 21.7 Å². The second-order valence-corrected chi connectivity index (χ2v) is 5.42. The first-order valence-corrected chi connectivity index (χ1v) is 7.43. The van der Waals surface area contributed by atoms with Gasteiger partial charge in [-0.15, -0.1) is 0 Å². The van der Waals surface area contributed by atoms with Crippen molar-refractivity contribution in [2.75, 3.05) is 0 Å². The molecule has 3 heteroatoms. The van der Waals surface area contributed by atoms with E-state index in [2.05, 4.69) is 0 Å². The first-order valence-electron chi connectivity index (χ1n) is 7.43. The molecular weight excluding hydrogens is 288 g/mol. The normalized spacial score (nSPS) is 11.2. The van der Waals surface area contributed by atoms with E-state index in [0.29, 0.717) is 11.1 Å². The topological polar surface area (TPSA) is 50.4 Å². The average Bonchev–Trinajstić information content (AvgIpc) is 2.60. The number of aliphatic hydroxyl groups is 1. The maximum atomic E-state index is 12.3. The molecule has 0 fully saturated rings. The number of fused-ring (bicyclic) bond motifs is 2. The van der Waals surface area contributed by atoms with Crippen molar-refractivity contribution in [3.63, 3.8) is 0 Å². The van der Waals surface area contributed by atoms with Crippen molar-refractivity contribution in [1.29, 1.82) is 0 Å². The summed E-state index contributed by atoms with van der Waals surface area (Å²) in [4.78, 5) is 12.3. The molecule has 23 heavy (non-hydrogen) atoms. The van der Waals surface area contributed by atoms with Crippen LogP contribution in [0.3, 0.4) is 0 Å². The first kappa shape index (κ1) is 13.7. The third kappa shape index (κ3) is 2.14. The molecule has 0 unspecified atom stereocenters. The molecule has 0 aliphatic rings. The van der Waals surface area contributed by atoms with E-state index >= 15 is 0 Å². The van der Waals surface area contributed by atoms with Gasteiger partial charge in [-0.2, -0.15) is 0 Å². The Morgan fingerprint density at radius 2 is 1.52 bits per heavy atom. The third-order valence-electron chi connectivity index (χ3n) is 4.12. The maximum absolute atomic E-state index is 12.3. The Morgan fingerprint density at radius 3 is 2.35 bits per heavy atom. The van der Waals surface area contributed by atoms with Crippen LogP contribution in [0, 0.1) is 0 Å². The lowest BCUT2D eigenvalue weighted by Crippen LogP contribution is -2.10. The van der Waals surface area contributed by atoms with Crippen molar-refractivity contribution in [2.45, 2.75) is 6.61 Å². The van der Waals surface area contributed by atoms with E-state index in [1.165, 1.54) is 0 Å². The molecule has 1 N–H and O–H groups in total. The summed E-state index contributed by atoms with van der Waals surface area (Å²) < 4.78 is 5.34. The lowest BCUT2D eigenvalue weighted by molar-refractivity contribution is 0.277. The lowest BCUT2D eigenvalue weighted by Gasteiger charge is -2.12. The fourth-order valence-electron chi connectivity index (χ4n) is 3.08. The molecule has 0 saturated heterocycles. The Hall–Kier alpha value is -2.91. The van der Waals surface area contributed by atoms with Gasteiger partial charge in [0, 0.05) is 10.9 Å². The summed E-state index contributed by atoms with van der Waals surface area (Å²) in [6, 6.07) is 21.4. The predicted octanol–water partition coefficient (Wildman–Crippen LogP) is 4.11. The average molecular weight is 302 g/mol. The summed E-state index contributed by atoms with van der Waals surface area (Å²) >= 11 is 0. The van der Waals surface area contributed by atoms with E-state index in [4.69, 9.17) is 4.42 Å². The van der Waals surface area contributed by atoms with E-state index in [0.717, 1.165) is 27.3 Å². The van der Waals surface area contributed by atoms with Crippen LogP contribution in [0.15, 0.2) is 75.9 Å². The summed E-state index contributed by atoms with van der Waals surface area (Å²) in [6.07, 6.45) is 0. The minimum atomic E-state index is -0.492. The molecule has 3 aromatic carbocycles. The highest BCUT2D eigenvalue weighted by Gasteiger charge is 2.17. The van der Waals surface area contributed by atoms with E-state index < -0.39 is 5.63 Å². The molecule has 4 rings (SSSR count). The van der Waals surface area contributed by atoms with Crippen molar-refractivity contribution in [3.05, 3.63) is 82.7 Å². The van der Waals surface area contributed by atoms with Gasteiger partial charge in [0.2, 0.25) is 0 Å². The first-order chi connectivity index (χ1) is 11.3. The van der Waals surface area contributed by atoms with Gasteiger partial charge in [-0.3, -0.25) is 0 Å². The predicted molar refractivity (Wildman–Crippen MR) is 91.3 cm³/mol. The van der Waals surface area contributed by atoms with E-state index in [9.17, 15) is 9.90 Å². The van der Waals surface area contributed by atoms with Crippen LogP contribution in [0.25, 0.3) is 32.9 Å². The standard InChI is InChI=1S/C20H14O3/c21-12-17-19(16-9-3-4-11-18(16)23-20(17)22)15-10-5-7-13-6-1-2-8-14(13)15/h1-11,21H,12H2. The fraction of sp³-hybridized carbons (Fsp3) is 0.0500.